The lowest BCUT2D eigenvalue weighted by molar-refractivity contribution is 0.0745. The second-order valence-electron chi connectivity index (χ2n) is 7.21. The van der Waals surface area contributed by atoms with Crippen LogP contribution < -0.4 is 10.4 Å². The third-order valence-corrected chi connectivity index (χ3v) is 5.25. The van der Waals surface area contributed by atoms with Crippen LogP contribution in [0.5, 0.6) is 0 Å². The topological polar surface area (TPSA) is 131 Å². The molecule has 1 aliphatic carbocycles. The van der Waals surface area contributed by atoms with Crippen LogP contribution in [0.2, 0.25) is 0 Å². The Morgan fingerprint density at radius 3 is 2.59 bits per heavy atom. The zero-order chi connectivity index (χ0) is 20.5. The Morgan fingerprint density at radius 2 is 2.00 bits per heavy atom. The highest BCUT2D eigenvalue weighted by molar-refractivity contribution is 6.60. The fourth-order valence-corrected chi connectivity index (χ4v) is 3.46. The molecule has 148 valence electrons. The highest BCUT2D eigenvalue weighted by Gasteiger charge is 2.33. The van der Waals surface area contributed by atoms with Crippen LogP contribution in [0.25, 0.3) is 0 Å². The molecule has 0 radical (unpaired) electrons. The monoisotopic (exact) mass is 394 g/mol. The van der Waals surface area contributed by atoms with Gasteiger partial charge in [0.05, 0.1) is 0 Å². The molecular formula is C19H19BN4O5. The summed E-state index contributed by atoms with van der Waals surface area (Å²) in [6, 6.07) is 6.29. The first-order valence-electron chi connectivity index (χ1n) is 9.42. The molecule has 2 aliphatic rings. The number of hydrogen-bond acceptors (Lipinski definition) is 8. The van der Waals surface area contributed by atoms with Crippen molar-refractivity contribution in [3.05, 3.63) is 40.9 Å². The van der Waals surface area contributed by atoms with Gasteiger partial charge in [-0.2, -0.15) is 5.26 Å². The van der Waals surface area contributed by atoms with Crippen molar-refractivity contribution >= 4 is 30.7 Å². The van der Waals surface area contributed by atoms with E-state index >= 15 is 0 Å². The number of aldehydes is 1. The van der Waals surface area contributed by atoms with Crippen molar-refractivity contribution in [1.29, 1.82) is 5.26 Å². The summed E-state index contributed by atoms with van der Waals surface area (Å²) in [7, 11) is -1.78. The lowest BCUT2D eigenvalue weighted by Gasteiger charge is -2.34. The number of carbonyl (C=O) groups excluding carboxylic acids is 2. The number of aromatic nitrogens is 1. The van der Waals surface area contributed by atoms with Crippen molar-refractivity contribution in [2.75, 3.05) is 31.1 Å². The van der Waals surface area contributed by atoms with Crippen LogP contribution >= 0.6 is 0 Å². The predicted molar refractivity (Wildman–Crippen MR) is 103 cm³/mol. The SMILES string of the molecule is N#Cc1nc(C2CC2)oc1N1CCN(C(=O)c2ccc(B(O)O)c(C=O)c2)CC1. The molecule has 2 aromatic rings. The number of nitrogens with zero attached hydrogens (tertiary/aromatic N) is 4. The molecule has 1 amide bonds. The average molecular weight is 394 g/mol. The maximum Gasteiger partial charge on any atom is 0.489 e. The zero-order valence-electron chi connectivity index (χ0n) is 15.6. The normalized spacial score (nSPS) is 16.4. The molecule has 0 spiro atoms. The summed E-state index contributed by atoms with van der Waals surface area (Å²) < 4.78 is 5.82. The molecule has 1 saturated carbocycles. The van der Waals surface area contributed by atoms with Gasteiger partial charge in [0.1, 0.15) is 12.4 Å². The van der Waals surface area contributed by atoms with E-state index in [0.29, 0.717) is 55.7 Å². The smallest absolute Gasteiger partial charge is 0.423 e. The number of benzene rings is 1. The maximum absolute atomic E-state index is 12.8. The Balaban J connectivity index is 1.45. The number of nitriles is 1. The number of amides is 1. The van der Waals surface area contributed by atoms with E-state index in [2.05, 4.69) is 11.1 Å². The van der Waals surface area contributed by atoms with Gasteiger partial charge < -0.3 is 24.3 Å². The molecule has 10 heteroatoms. The standard InChI is InChI=1S/C19H19BN4O5/c21-10-16-19(29-17(22-16)12-1-2-12)24-7-5-23(6-8-24)18(26)13-3-4-15(20(27)28)14(9-13)11-25/h3-4,9,11-12,27-28H,1-2,5-8H2. The van der Waals surface area contributed by atoms with E-state index in [0.717, 1.165) is 12.8 Å². The molecule has 2 heterocycles. The first-order chi connectivity index (χ1) is 14.0. The van der Waals surface area contributed by atoms with Gasteiger partial charge in [0.15, 0.2) is 0 Å². The van der Waals surface area contributed by atoms with Crippen LogP contribution in [-0.4, -0.2) is 65.4 Å². The molecule has 0 unspecified atom stereocenters. The molecule has 1 aliphatic heterocycles. The number of carbonyl (C=O) groups is 2. The van der Waals surface area contributed by atoms with Gasteiger partial charge in [-0.05, 0) is 30.4 Å². The fraction of sp³-hybridized carbons (Fsp3) is 0.368. The van der Waals surface area contributed by atoms with Gasteiger partial charge >= 0.3 is 7.12 Å². The van der Waals surface area contributed by atoms with Gasteiger partial charge in [-0.1, -0.05) is 6.07 Å². The van der Waals surface area contributed by atoms with Crippen molar-refractivity contribution in [2.24, 2.45) is 0 Å². The second-order valence-corrected chi connectivity index (χ2v) is 7.21. The summed E-state index contributed by atoms with van der Waals surface area (Å²) in [6.45, 7) is 1.83. The van der Waals surface area contributed by atoms with Crippen molar-refractivity contribution in [1.82, 2.24) is 9.88 Å². The molecule has 9 nitrogen and oxygen atoms in total. The van der Waals surface area contributed by atoms with E-state index in [1.54, 1.807) is 4.90 Å². The molecule has 1 aromatic heterocycles. The van der Waals surface area contributed by atoms with Crippen molar-refractivity contribution in [3.63, 3.8) is 0 Å². The molecule has 2 N–H and O–H groups in total. The average Bonchev–Trinajstić information content (AvgIpc) is 3.51. The van der Waals surface area contributed by atoms with Gasteiger partial charge in [-0.25, -0.2) is 4.98 Å². The van der Waals surface area contributed by atoms with Crippen molar-refractivity contribution in [3.8, 4) is 6.07 Å². The summed E-state index contributed by atoms with van der Waals surface area (Å²) in [5.74, 6) is 1.14. The van der Waals surface area contributed by atoms with Crippen LogP contribution in [0.3, 0.4) is 0 Å². The maximum atomic E-state index is 12.8. The first-order valence-corrected chi connectivity index (χ1v) is 9.42. The van der Waals surface area contributed by atoms with Gasteiger partial charge in [-0.3, -0.25) is 9.59 Å². The molecule has 4 rings (SSSR count). The van der Waals surface area contributed by atoms with Gasteiger partial charge in [-0.15, -0.1) is 0 Å². The Morgan fingerprint density at radius 1 is 1.28 bits per heavy atom. The van der Waals surface area contributed by atoms with E-state index in [-0.39, 0.29) is 22.6 Å². The van der Waals surface area contributed by atoms with E-state index in [1.165, 1.54) is 18.2 Å². The molecule has 29 heavy (non-hydrogen) atoms. The Kier molecular flexibility index (Phi) is 5.09. The summed E-state index contributed by atoms with van der Waals surface area (Å²) in [5, 5.41) is 27.9. The zero-order valence-corrected chi connectivity index (χ0v) is 15.6. The summed E-state index contributed by atoms with van der Waals surface area (Å²) >= 11 is 0. The van der Waals surface area contributed by atoms with Crippen LogP contribution in [-0.2, 0) is 0 Å². The van der Waals surface area contributed by atoms with Crippen molar-refractivity contribution in [2.45, 2.75) is 18.8 Å². The van der Waals surface area contributed by atoms with Gasteiger partial charge in [0.2, 0.25) is 17.5 Å². The molecular weight excluding hydrogens is 375 g/mol. The first kappa shape index (κ1) is 19.2. The fourth-order valence-electron chi connectivity index (χ4n) is 3.46. The summed E-state index contributed by atoms with van der Waals surface area (Å²) in [6.07, 6.45) is 2.55. The van der Waals surface area contributed by atoms with Crippen LogP contribution in [0.15, 0.2) is 22.6 Å². The lowest BCUT2D eigenvalue weighted by Crippen LogP contribution is -2.49. The summed E-state index contributed by atoms with van der Waals surface area (Å²) in [5.41, 5.74) is 0.707. The number of hydrogen-bond donors (Lipinski definition) is 2. The molecule has 2 fully saturated rings. The minimum Gasteiger partial charge on any atom is -0.423 e. The number of anilines is 1. The largest absolute Gasteiger partial charge is 0.489 e. The minimum absolute atomic E-state index is 0.0576. The summed E-state index contributed by atoms with van der Waals surface area (Å²) in [4.78, 5) is 31.9. The van der Waals surface area contributed by atoms with Crippen LogP contribution in [0.1, 0.15) is 51.1 Å². The van der Waals surface area contributed by atoms with Gasteiger partial charge in [0, 0.05) is 43.2 Å². The third kappa shape index (κ3) is 3.74. The lowest BCUT2D eigenvalue weighted by atomic mass is 9.77. The van der Waals surface area contributed by atoms with E-state index in [4.69, 9.17) is 4.42 Å². The van der Waals surface area contributed by atoms with E-state index in [9.17, 15) is 24.9 Å². The highest BCUT2D eigenvalue weighted by atomic mass is 16.4. The van der Waals surface area contributed by atoms with E-state index in [1.807, 2.05) is 4.90 Å². The van der Waals surface area contributed by atoms with E-state index < -0.39 is 7.12 Å². The van der Waals surface area contributed by atoms with Gasteiger partial charge in [0.25, 0.3) is 5.91 Å². The Bertz CT molecular complexity index is 987. The predicted octanol–water partition coefficient (Wildman–Crippen LogP) is -0.122. The van der Waals surface area contributed by atoms with Crippen molar-refractivity contribution < 1.29 is 24.1 Å². The molecule has 1 aromatic carbocycles. The third-order valence-electron chi connectivity index (χ3n) is 5.25. The number of oxazole rings is 1. The molecule has 1 saturated heterocycles. The van der Waals surface area contributed by atoms with Crippen LogP contribution in [0, 0.1) is 11.3 Å². The van der Waals surface area contributed by atoms with Crippen LogP contribution in [0.4, 0.5) is 5.88 Å². The molecule has 0 atom stereocenters. The minimum atomic E-state index is -1.78. The highest BCUT2D eigenvalue weighted by Crippen LogP contribution is 2.41. The second kappa shape index (κ2) is 7.70. The number of rotatable bonds is 5. The number of piperazine rings is 1. The Labute approximate surface area is 167 Å². The Hall–Kier alpha value is -3.16. The quantitative estimate of drug-likeness (QED) is 0.530. The molecule has 0 bridgehead atoms.